The lowest BCUT2D eigenvalue weighted by Crippen LogP contribution is -2.52. The minimum Gasteiger partial charge on any atom is -0.426 e. The molecule has 0 rings (SSSR count). The minimum atomic E-state index is -1.55. The molecular weight excluding hydrogens is 239 g/mol. The second-order valence-corrected chi connectivity index (χ2v) is 5.53. The molecular formula is C10H23BN2O3S. The van der Waals surface area contributed by atoms with E-state index < -0.39 is 19.1 Å². The summed E-state index contributed by atoms with van der Waals surface area (Å²) in [5, 5.41) is 20.9. The summed E-state index contributed by atoms with van der Waals surface area (Å²) in [5.41, 5.74) is 5.69. The molecule has 5 nitrogen and oxygen atoms in total. The first-order valence-electron chi connectivity index (χ1n) is 5.79. The normalized spacial score (nSPS) is 14.5. The maximum Gasteiger partial charge on any atom is 0.475 e. The molecule has 0 aromatic heterocycles. The van der Waals surface area contributed by atoms with Crippen LogP contribution in [0.25, 0.3) is 0 Å². The molecule has 100 valence electrons. The van der Waals surface area contributed by atoms with Gasteiger partial charge in [-0.1, -0.05) is 13.8 Å². The Morgan fingerprint density at radius 2 is 2.06 bits per heavy atom. The molecule has 0 aromatic rings. The van der Waals surface area contributed by atoms with Crippen molar-refractivity contribution < 1.29 is 14.8 Å². The number of thioether (sulfide) groups is 1. The van der Waals surface area contributed by atoms with E-state index in [4.69, 9.17) is 15.8 Å². The molecule has 0 heterocycles. The van der Waals surface area contributed by atoms with E-state index in [0.717, 1.165) is 5.75 Å². The van der Waals surface area contributed by atoms with Crippen LogP contribution in [0.4, 0.5) is 0 Å². The number of amides is 1. The Morgan fingerprint density at radius 1 is 1.47 bits per heavy atom. The van der Waals surface area contributed by atoms with Crippen molar-refractivity contribution in [3.63, 3.8) is 0 Å². The van der Waals surface area contributed by atoms with Gasteiger partial charge in [0.1, 0.15) is 0 Å². The van der Waals surface area contributed by atoms with E-state index in [-0.39, 0.29) is 11.8 Å². The summed E-state index contributed by atoms with van der Waals surface area (Å²) < 4.78 is 0. The highest BCUT2D eigenvalue weighted by atomic mass is 32.2. The summed E-state index contributed by atoms with van der Waals surface area (Å²) in [4.78, 5) is 11.7. The van der Waals surface area contributed by atoms with Crippen molar-refractivity contribution in [3.05, 3.63) is 0 Å². The lowest BCUT2D eigenvalue weighted by atomic mass is 9.75. The fraction of sp³-hybridized carbons (Fsp3) is 0.900. The third-order valence-corrected chi connectivity index (χ3v) is 3.03. The summed E-state index contributed by atoms with van der Waals surface area (Å²) >= 11 is 1.62. The fourth-order valence-electron chi connectivity index (χ4n) is 1.43. The van der Waals surface area contributed by atoms with Gasteiger partial charge in [0.25, 0.3) is 0 Å². The Morgan fingerprint density at radius 3 is 2.47 bits per heavy atom. The van der Waals surface area contributed by atoms with Crippen LogP contribution in [0.15, 0.2) is 0 Å². The van der Waals surface area contributed by atoms with Gasteiger partial charge in [-0.2, -0.15) is 11.8 Å². The van der Waals surface area contributed by atoms with Crippen LogP contribution in [-0.2, 0) is 4.79 Å². The van der Waals surface area contributed by atoms with E-state index in [1.807, 2.05) is 20.1 Å². The highest BCUT2D eigenvalue weighted by Crippen LogP contribution is 2.06. The minimum absolute atomic E-state index is 0.268. The Balaban J connectivity index is 4.20. The maximum atomic E-state index is 11.7. The molecule has 0 radical (unpaired) electrons. The Bertz CT molecular complexity index is 230. The van der Waals surface area contributed by atoms with Crippen molar-refractivity contribution in [2.75, 3.05) is 12.0 Å². The summed E-state index contributed by atoms with van der Waals surface area (Å²) in [6.07, 6.45) is 3.05. The van der Waals surface area contributed by atoms with Crippen LogP contribution in [0.3, 0.4) is 0 Å². The SMILES string of the molecule is CSCC[C@H](N)C(=O)N[C@@H](CC(C)C)B(O)O. The zero-order chi connectivity index (χ0) is 13.4. The molecule has 0 aromatic carbocycles. The van der Waals surface area contributed by atoms with Crippen molar-refractivity contribution >= 4 is 24.8 Å². The van der Waals surface area contributed by atoms with Gasteiger partial charge in [0.2, 0.25) is 5.91 Å². The first-order chi connectivity index (χ1) is 7.88. The quantitative estimate of drug-likeness (QED) is 0.447. The molecule has 2 atom stereocenters. The van der Waals surface area contributed by atoms with Crippen LogP contribution >= 0.6 is 11.8 Å². The van der Waals surface area contributed by atoms with Crippen molar-refractivity contribution in [2.24, 2.45) is 11.7 Å². The van der Waals surface area contributed by atoms with Crippen molar-refractivity contribution in [3.8, 4) is 0 Å². The number of hydrogen-bond donors (Lipinski definition) is 4. The van der Waals surface area contributed by atoms with Gasteiger partial charge in [0, 0.05) is 0 Å². The van der Waals surface area contributed by atoms with E-state index in [9.17, 15) is 4.79 Å². The molecule has 0 aliphatic heterocycles. The third kappa shape index (κ3) is 7.65. The summed E-state index contributed by atoms with van der Waals surface area (Å²) in [6.45, 7) is 3.91. The van der Waals surface area contributed by atoms with E-state index in [2.05, 4.69) is 5.32 Å². The molecule has 1 amide bonds. The molecule has 17 heavy (non-hydrogen) atoms. The number of hydrogen-bond acceptors (Lipinski definition) is 5. The fourth-order valence-corrected chi connectivity index (χ4v) is 1.92. The van der Waals surface area contributed by atoms with Gasteiger partial charge in [0.05, 0.1) is 12.0 Å². The first-order valence-corrected chi connectivity index (χ1v) is 7.18. The second kappa shape index (κ2) is 8.80. The Hall–Kier alpha value is -0.235. The summed E-state index contributed by atoms with van der Waals surface area (Å²) in [5.74, 6) is 0.107. The van der Waals surface area contributed by atoms with Gasteiger partial charge >= 0.3 is 7.12 Å². The van der Waals surface area contributed by atoms with Gasteiger partial charge in [-0.25, -0.2) is 0 Å². The lowest BCUT2D eigenvalue weighted by Gasteiger charge is -2.21. The van der Waals surface area contributed by atoms with Crippen LogP contribution in [-0.4, -0.2) is 47.1 Å². The molecule has 0 saturated carbocycles. The standard InChI is InChI=1S/C10H23BN2O3S/c1-7(2)6-9(11(15)16)13-10(14)8(12)4-5-17-3/h7-9,15-16H,4-6,12H2,1-3H3,(H,13,14)/t8-,9-/m0/s1. The molecule has 0 spiro atoms. The monoisotopic (exact) mass is 262 g/mol. The zero-order valence-corrected chi connectivity index (χ0v) is 11.5. The van der Waals surface area contributed by atoms with Crippen molar-refractivity contribution in [1.29, 1.82) is 0 Å². The number of rotatable bonds is 8. The molecule has 0 unspecified atom stereocenters. The van der Waals surface area contributed by atoms with Gasteiger partial charge in [0.15, 0.2) is 0 Å². The molecule has 0 aliphatic carbocycles. The van der Waals surface area contributed by atoms with E-state index in [1.54, 1.807) is 11.8 Å². The highest BCUT2D eigenvalue weighted by molar-refractivity contribution is 7.98. The Kier molecular flexibility index (Phi) is 8.68. The molecule has 0 fully saturated rings. The topological polar surface area (TPSA) is 95.6 Å². The number of carbonyl (C=O) groups is 1. The predicted octanol–water partition coefficient (Wildman–Crippen LogP) is -0.390. The largest absolute Gasteiger partial charge is 0.475 e. The van der Waals surface area contributed by atoms with E-state index in [0.29, 0.717) is 12.8 Å². The summed E-state index contributed by atoms with van der Waals surface area (Å²) in [6, 6.07) is -0.587. The van der Waals surface area contributed by atoms with Gasteiger partial charge in [-0.05, 0) is 30.8 Å². The van der Waals surface area contributed by atoms with Gasteiger partial charge in [-0.15, -0.1) is 0 Å². The van der Waals surface area contributed by atoms with Crippen LogP contribution in [0.2, 0.25) is 0 Å². The third-order valence-electron chi connectivity index (χ3n) is 2.38. The second-order valence-electron chi connectivity index (χ2n) is 4.55. The first kappa shape index (κ1) is 16.8. The van der Waals surface area contributed by atoms with Crippen LogP contribution in [0.1, 0.15) is 26.7 Å². The van der Waals surface area contributed by atoms with Gasteiger partial charge in [-0.3, -0.25) is 4.79 Å². The van der Waals surface area contributed by atoms with E-state index in [1.165, 1.54) is 0 Å². The highest BCUT2D eigenvalue weighted by Gasteiger charge is 2.27. The number of nitrogens with two attached hydrogens (primary N) is 1. The van der Waals surface area contributed by atoms with Crippen molar-refractivity contribution in [1.82, 2.24) is 5.32 Å². The summed E-state index contributed by atoms with van der Waals surface area (Å²) in [7, 11) is -1.55. The Labute approximate surface area is 108 Å². The van der Waals surface area contributed by atoms with Gasteiger partial charge < -0.3 is 21.1 Å². The molecule has 0 aliphatic rings. The smallest absolute Gasteiger partial charge is 0.426 e. The predicted molar refractivity (Wildman–Crippen MR) is 72.6 cm³/mol. The lowest BCUT2D eigenvalue weighted by molar-refractivity contribution is -0.122. The van der Waals surface area contributed by atoms with Crippen LogP contribution < -0.4 is 11.1 Å². The van der Waals surface area contributed by atoms with Crippen LogP contribution in [0.5, 0.6) is 0 Å². The molecule has 5 N–H and O–H groups in total. The van der Waals surface area contributed by atoms with Crippen LogP contribution in [0, 0.1) is 5.92 Å². The van der Waals surface area contributed by atoms with E-state index >= 15 is 0 Å². The molecule has 0 saturated heterocycles. The average molecular weight is 262 g/mol. The van der Waals surface area contributed by atoms with Crippen molar-refractivity contribution in [2.45, 2.75) is 38.7 Å². The maximum absolute atomic E-state index is 11.7. The zero-order valence-electron chi connectivity index (χ0n) is 10.7. The average Bonchev–Trinajstić information content (AvgIpc) is 2.23. The molecule has 7 heteroatoms. The number of carbonyl (C=O) groups excluding carboxylic acids is 1. The molecule has 0 bridgehead atoms. The number of nitrogens with one attached hydrogen (secondary N) is 1.